The van der Waals surface area contributed by atoms with Crippen LogP contribution < -0.4 is 11.1 Å². The number of carbonyl (C=O) groups excluding carboxylic acids is 1. The number of anilines is 2. The summed E-state index contributed by atoms with van der Waals surface area (Å²) in [4.78, 5) is 12.1. The topological polar surface area (TPSA) is 55.1 Å². The van der Waals surface area contributed by atoms with Gasteiger partial charge in [0.1, 0.15) is 0 Å². The Bertz CT molecular complexity index is 432. The highest BCUT2D eigenvalue weighted by Gasteiger charge is 2.14. The lowest BCUT2D eigenvalue weighted by atomic mass is 10.2. The van der Waals surface area contributed by atoms with Gasteiger partial charge >= 0.3 is 0 Å². The monoisotopic (exact) mass is 280 g/mol. The van der Waals surface area contributed by atoms with Crippen molar-refractivity contribution in [3.8, 4) is 0 Å². The number of nitrogens with two attached hydrogens (primary N) is 1. The van der Waals surface area contributed by atoms with Crippen molar-refractivity contribution in [2.75, 3.05) is 16.8 Å². The smallest absolute Gasteiger partial charge is 0.237 e. The van der Waals surface area contributed by atoms with E-state index in [2.05, 4.69) is 19.2 Å². The average Bonchev–Trinajstić information content (AvgIpc) is 2.32. The van der Waals surface area contributed by atoms with Crippen molar-refractivity contribution in [3.05, 3.63) is 23.8 Å². The van der Waals surface area contributed by atoms with Gasteiger partial charge in [-0.15, -0.1) is 11.8 Å². The van der Waals surface area contributed by atoms with Gasteiger partial charge in [-0.2, -0.15) is 0 Å². The van der Waals surface area contributed by atoms with Crippen molar-refractivity contribution in [2.45, 2.75) is 39.4 Å². The van der Waals surface area contributed by atoms with E-state index in [-0.39, 0.29) is 11.2 Å². The molecule has 4 heteroatoms. The molecular formula is C15H24N2OS. The molecule has 0 aliphatic heterocycles. The molecule has 0 aromatic heterocycles. The maximum atomic E-state index is 12.1. The minimum Gasteiger partial charge on any atom is -0.399 e. The summed E-state index contributed by atoms with van der Waals surface area (Å²) in [6, 6.07) is 5.53. The van der Waals surface area contributed by atoms with Crippen molar-refractivity contribution in [2.24, 2.45) is 5.92 Å². The molecule has 0 bridgehead atoms. The second-order valence-corrected chi connectivity index (χ2v) is 6.71. The molecule has 0 fully saturated rings. The minimum atomic E-state index is -0.0318. The Labute approximate surface area is 120 Å². The van der Waals surface area contributed by atoms with Crippen LogP contribution in [-0.4, -0.2) is 16.9 Å². The van der Waals surface area contributed by atoms with Crippen LogP contribution in [-0.2, 0) is 4.79 Å². The van der Waals surface area contributed by atoms with Crippen LogP contribution in [0.4, 0.5) is 11.4 Å². The van der Waals surface area contributed by atoms with E-state index in [9.17, 15) is 4.79 Å². The zero-order valence-corrected chi connectivity index (χ0v) is 13.0. The number of hydrogen-bond donors (Lipinski definition) is 2. The van der Waals surface area contributed by atoms with Crippen LogP contribution in [0.5, 0.6) is 0 Å². The van der Waals surface area contributed by atoms with E-state index < -0.39 is 0 Å². The van der Waals surface area contributed by atoms with Gasteiger partial charge in [0.25, 0.3) is 0 Å². The first-order valence-corrected chi connectivity index (χ1v) is 7.73. The van der Waals surface area contributed by atoms with Gasteiger partial charge in [0, 0.05) is 11.4 Å². The first-order chi connectivity index (χ1) is 8.90. The summed E-state index contributed by atoms with van der Waals surface area (Å²) < 4.78 is 0. The van der Waals surface area contributed by atoms with Gasteiger partial charge in [0.15, 0.2) is 0 Å². The zero-order chi connectivity index (χ0) is 14.4. The Morgan fingerprint density at radius 2 is 2.05 bits per heavy atom. The summed E-state index contributed by atoms with van der Waals surface area (Å²) in [5.74, 6) is 1.76. The summed E-state index contributed by atoms with van der Waals surface area (Å²) in [5.41, 5.74) is 8.25. The summed E-state index contributed by atoms with van der Waals surface area (Å²) in [6.45, 7) is 8.29. The fourth-order valence-electron chi connectivity index (χ4n) is 1.62. The Kier molecular flexibility index (Phi) is 6.22. The van der Waals surface area contributed by atoms with Gasteiger partial charge in [0.2, 0.25) is 5.91 Å². The van der Waals surface area contributed by atoms with E-state index in [1.54, 1.807) is 17.8 Å². The maximum Gasteiger partial charge on any atom is 0.237 e. The van der Waals surface area contributed by atoms with Gasteiger partial charge in [-0.05, 0) is 55.7 Å². The molecule has 0 radical (unpaired) electrons. The molecule has 0 heterocycles. The maximum absolute atomic E-state index is 12.1. The quantitative estimate of drug-likeness (QED) is 0.781. The Balaban J connectivity index is 2.49. The number of hydrogen-bond acceptors (Lipinski definition) is 3. The van der Waals surface area contributed by atoms with E-state index >= 15 is 0 Å². The van der Waals surface area contributed by atoms with Crippen LogP contribution >= 0.6 is 11.8 Å². The Morgan fingerprint density at radius 3 is 2.63 bits per heavy atom. The third-order valence-corrected chi connectivity index (χ3v) is 4.13. The normalized spacial score (nSPS) is 12.5. The molecule has 1 unspecified atom stereocenters. The first kappa shape index (κ1) is 15.9. The molecule has 3 nitrogen and oxygen atoms in total. The third kappa shape index (κ3) is 5.55. The fraction of sp³-hybridized carbons (Fsp3) is 0.533. The number of rotatable bonds is 6. The number of carbonyl (C=O) groups is 1. The lowest BCUT2D eigenvalue weighted by Crippen LogP contribution is -2.23. The molecule has 1 rings (SSSR count). The predicted molar refractivity (Wildman–Crippen MR) is 85.6 cm³/mol. The van der Waals surface area contributed by atoms with Crippen molar-refractivity contribution in [1.82, 2.24) is 0 Å². The molecule has 0 spiro atoms. The van der Waals surface area contributed by atoms with Gasteiger partial charge in [-0.25, -0.2) is 0 Å². The molecule has 0 aliphatic carbocycles. The molecule has 1 aromatic carbocycles. The average molecular weight is 280 g/mol. The molecule has 0 saturated heterocycles. The van der Waals surface area contributed by atoms with Crippen molar-refractivity contribution in [3.63, 3.8) is 0 Å². The standard InChI is InChI=1S/C15H24N2OS/c1-10(2)7-8-19-12(4)15(18)17-14-6-5-13(16)9-11(14)3/h5-6,9-10,12H,7-8,16H2,1-4H3,(H,17,18). The summed E-state index contributed by atoms with van der Waals surface area (Å²) in [6.07, 6.45) is 1.14. The van der Waals surface area contributed by atoms with Gasteiger partial charge in [0.05, 0.1) is 5.25 Å². The van der Waals surface area contributed by atoms with E-state index in [0.29, 0.717) is 5.92 Å². The lowest BCUT2D eigenvalue weighted by molar-refractivity contribution is -0.115. The van der Waals surface area contributed by atoms with E-state index in [4.69, 9.17) is 5.73 Å². The first-order valence-electron chi connectivity index (χ1n) is 6.68. The SMILES string of the molecule is Cc1cc(N)ccc1NC(=O)C(C)SCCC(C)C. The van der Waals surface area contributed by atoms with E-state index in [0.717, 1.165) is 29.1 Å². The third-order valence-electron chi connectivity index (χ3n) is 2.94. The molecule has 1 amide bonds. The van der Waals surface area contributed by atoms with Gasteiger partial charge in [-0.3, -0.25) is 4.79 Å². The molecular weight excluding hydrogens is 256 g/mol. The second-order valence-electron chi connectivity index (χ2n) is 5.26. The summed E-state index contributed by atoms with van der Waals surface area (Å²) in [5, 5.41) is 2.93. The van der Waals surface area contributed by atoms with Crippen LogP contribution in [0.1, 0.15) is 32.8 Å². The zero-order valence-electron chi connectivity index (χ0n) is 12.2. The minimum absolute atomic E-state index is 0.0318. The van der Waals surface area contributed by atoms with Crippen LogP contribution in [0.2, 0.25) is 0 Å². The van der Waals surface area contributed by atoms with E-state index in [1.807, 2.05) is 26.0 Å². The lowest BCUT2D eigenvalue weighted by Gasteiger charge is -2.14. The molecule has 0 aliphatic rings. The highest BCUT2D eigenvalue weighted by Crippen LogP contribution is 2.20. The van der Waals surface area contributed by atoms with Crippen molar-refractivity contribution >= 4 is 29.0 Å². The highest BCUT2D eigenvalue weighted by molar-refractivity contribution is 8.00. The van der Waals surface area contributed by atoms with Crippen LogP contribution in [0.15, 0.2) is 18.2 Å². The molecule has 1 aromatic rings. The van der Waals surface area contributed by atoms with Crippen LogP contribution in [0.3, 0.4) is 0 Å². The van der Waals surface area contributed by atoms with Crippen molar-refractivity contribution in [1.29, 1.82) is 0 Å². The number of thioether (sulfide) groups is 1. The number of aryl methyl sites for hydroxylation is 1. The van der Waals surface area contributed by atoms with Crippen LogP contribution in [0.25, 0.3) is 0 Å². The predicted octanol–water partition coefficient (Wildman–Crippen LogP) is 3.68. The summed E-state index contributed by atoms with van der Waals surface area (Å²) >= 11 is 1.70. The largest absolute Gasteiger partial charge is 0.399 e. The number of benzene rings is 1. The summed E-state index contributed by atoms with van der Waals surface area (Å²) in [7, 11) is 0. The highest BCUT2D eigenvalue weighted by atomic mass is 32.2. The van der Waals surface area contributed by atoms with E-state index in [1.165, 1.54) is 0 Å². The Morgan fingerprint density at radius 1 is 1.37 bits per heavy atom. The second kappa shape index (κ2) is 7.43. The molecule has 0 saturated carbocycles. The Hall–Kier alpha value is -1.16. The molecule has 19 heavy (non-hydrogen) atoms. The van der Waals surface area contributed by atoms with Gasteiger partial charge in [-0.1, -0.05) is 13.8 Å². The fourth-order valence-corrected chi connectivity index (χ4v) is 2.79. The number of nitrogens with one attached hydrogen (secondary N) is 1. The number of amides is 1. The molecule has 3 N–H and O–H groups in total. The van der Waals surface area contributed by atoms with Crippen LogP contribution in [0, 0.1) is 12.8 Å². The van der Waals surface area contributed by atoms with Gasteiger partial charge < -0.3 is 11.1 Å². The van der Waals surface area contributed by atoms with Crippen molar-refractivity contribution < 1.29 is 4.79 Å². The molecule has 106 valence electrons. The molecule has 1 atom stereocenters. The number of nitrogen functional groups attached to an aromatic ring is 1.